The average molecular weight is 1010 g/mol. The van der Waals surface area contributed by atoms with E-state index in [0.717, 1.165) is 29.2 Å². The lowest BCUT2D eigenvalue weighted by atomic mass is 9.99. The fourth-order valence-corrected chi connectivity index (χ4v) is 13.5. The van der Waals surface area contributed by atoms with Crippen molar-refractivity contribution in [2.75, 3.05) is 0 Å². The van der Waals surface area contributed by atoms with Gasteiger partial charge in [0.25, 0.3) is 0 Å². The predicted molar refractivity (Wildman–Crippen MR) is 335 cm³/mol. The summed E-state index contributed by atoms with van der Waals surface area (Å²) in [6.45, 7) is 0. The van der Waals surface area contributed by atoms with Crippen molar-refractivity contribution in [1.29, 1.82) is 0 Å². The highest BCUT2D eigenvalue weighted by molar-refractivity contribution is 6.26. The number of hydrogen-bond donors (Lipinski definition) is 0. The van der Waals surface area contributed by atoms with Crippen molar-refractivity contribution >= 4 is 114 Å². The molecule has 4 heterocycles. The Morgan fingerprint density at radius 2 is 0.709 bits per heavy atom. The molecule has 368 valence electrons. The van der Waals surface area contributed by atoms with Crippen molar-refractivity contribution in [3.05, 3.63) is 285 Å². The van der Waals surface area contributed by atoms with Gasteiger partial charge in [0, 0.05) is 65.5 Å². The number of aromatic nitrogens is 4. The topological polar surface area (TPSA) is 19.7 Å². The first-order valence-corrected chi connectivity index (χ1v) is 27.4. The summed E-state index contributed by atoms with van der Waals surface area (Å²) in [4.78, 5) is 0. The molecule has 17 rings (SSSR count). The van der Waals surface area contributed by atoms with E-state index in [1.165, 1.54) is 131 Å². The Morgan fingerprint density at radius 1 is 0.266 bits per heavy atom. The molecule has 16 aromatic rings. The number of hydrogen-bond acceptors (Lipinski definition) is 0. The van der Waals surface area contributed by atoms with Crippen LogP contribution in [0.25, 0.3) is 148 Å². The van der Waals surface area contributed by atoms with Crippen LogP contribution in [0.5, 0.6) is 0 Å². The zero-order valence-corrected chi connectivity index (χ0v) is 43.1. The maximum absolute atomic E-state index is 2.58. The fourth-order valence-electron chi connectivity index (χ4n) is 13.5. The summed E-state index contributed by atoms with van der Waals surface area (Å²) in [5, 5.41) is 14.6. The van der Waals surface area contributed by atoms with E-state index in [1.54, 1.807) is 0 Å². The van der Waals surface area contributed by atoms with Crippen molar-refractivity contribution in [1.82, 2.24) is 18.3 Å². The van der Waals surface area contributed by atoms with Crippen LogP contribution in [0.1, 0.15) is 12.0 Å². The van der Waals surface area contributed by atoms with Gasteiger partial charge in [-0.25, -0.2) is 0 Å². The third-order valence-electron chi connectivity index (χ3n) is 16.9. The van der Waals surface area contributed by atoms with Crippen LogP contribution >= 0.6 is 0 Å². The summed E-state index contributed by atoms with van der Waals surface area (Å²) in [5.41, 5.74) is 18.8. The Bertz CT molecular complexity index is 5340. The number of para-hydroxylation sites is 4. The molecule has 4 heteroatoms. The Labute approximate surface area is 455 Å². The van der Waals surface area contributed by atoms with Crippen LogP contribution in [-0.4, -0.2) is 18.3 Å². The highest BCUT2D eigenvalue weighted by Crippen LogP contribution is 2.46. The largest absolute Gasteiger partial charge is 0.307 e. The van der Waals surface area contributed by atoms with Crippen molar-refractivity contribution in [2.45, 2.75) is 6.42 Å². The summed E-state index contributed by atoms with van der Waals surface area (Å²) in [7, 11) is 0. The van der Waals surface area contributed by atoms with Crippen LogP contribution in [0, 0.1) is 0 Å². The van der Waals surface area contributed by atoms with Crippen molar-refractivity contribution in [3.8, 4) is 33.9 Å². The van der Waals surface area contributed by atoms with Crippen LogP contribution in [0.4, 0.5) is 0 Å². The molecule has 0 spiro atoms. The van der Waals surface area contributed by atoms with Crippen molar-refractivity contribution in [2.24, 2.45) is 0 Å². The average Bonchev–Trinajstić information content (AvgIpc) is 4.39. The Hall–Kier alpha value is -10.4. The van der Waals surface area contributed by atoms with Gasteiger partial charge in [-0.15, -0.1) is 0 Å². The van der Waals surface area contributed by atoms with E-state index in [0.29, 0.717) is 0 Å². The van der Waals surface area contributed by atoms with E-state index in [-0.39, 0.29) is 0 Å². The molecule has 0 fully saturated rings. The van der Waals surface area contributed by atoms with Crippen molar-refractivity contribution in [3.63, 3.8) is 0 Å². The van der Waals surface area contributed by atoms with Gasteiger partial charge in [0.1, 0.15) is 0 Å². The molecule has 0 amide bonds. The van der Waals surface area contributed by atoms with E-state index < -0.39 is 0 Å². The number of nitrogens with zero attached hydrogens (tertiary/aromatic N) is 4. The zero-order chi connectivity index (χ0) is 51.7. The summed E-state index contributed by atoms with van der Waals surface area (Å²) in [5.74, 6) is 0. The fraction of sp³-hybridized carbons (Fsp3) is 0.0133. The van der Waals surface area contributed by atoms with Gasteiger partial charge >= 0.3 is 0 Å². The Kier molecular flexibility index (Phi) is 9.45. The maximum Gasteiger partial charge on any atom is 0.0789 e. The number of fused-ring (bicyclic) bond motifs is 17. The molecule has 0 atom stereocenters. The third kappa shape index (κ3) is 6.43. The van der Waals surface area contributed by atoms with E-state index in [1.807, 2.05) is 0 Å². The molecular formula is C75H48N4. The van der Waals surface area contributed by atoms with E-state index in [2.05, 4.69) is 297 Å². The van der Waals surface area contributed by atoms with Crippen LogP contribution in [-0.2, 0) is 0 Å². The van der Waals surface area contributed by atoms with Gasteiger partial charge in [-0.1, -0.05) is 212 Å². The lowest BCUT2D eigenvalue weighted by Crippen LogP contribution is -2.01. The first-order valence-electron chi connectivity index (χ1n) is 27.4. The minimum atomic E-state index is 0.933. The second-order valence-corrected chi connectivity index (χ2v) is 21.1. The van der Waals surface area contributed by atoms with Gasteiger partial charge in [-0.05, 0) is 112 Å². The molecule has 0 saturated heterocycles. The molecule has 0 radical (unpaired) electrons. The van der Waals surface area contributed by atoms with Crippen LogP contribution in [0.15, 0.2) is 279 Å². The van der Waals surface area contributed by atoms with Gasteiger partial charge in [0.05, 0.1) is 49.8 Å². The third-order valence-corrected chi connectivity index (χ3v) is 16.9. The standard InChI is InChI=1S/C75H48N4/c1-2-5-21-48(20-4-1)50-25-18-27-53(44-50)76-67-34-14-10-30-57(67)62-40-41-63-58-31-12-16-36-69(58)78(73(63)72(62)76)55-38-39-61-66(47-55)56-29-9-8-24-52(56)46-71(61)79-70-37-17-13-33-60(70)65-43-42-64-59-32-11-15-35-68(59)77(74(64)75(65)79)54-28-19-26-51(45-54)49-22-6-3-7-23-49/h1,3-47H,2H2. The Morgan fingerprint density at radius 3 is 1.29 bits per heavy atom. The molecule has 1 aliphatic rings. The zero-order valence-electron chi connectivity index (χ0n) is 43.1. The molecule has 0 unspecified atom stereocenters. The molecule has 12 aromatic carbocycles. The summed E-state index contributed by atoms with van der Waals surface area (Å²) in [6, 6.07) is 92.6. The molecule has 0 aliphatic heterocycles. The van der Waals surface area contributed by atoms with Gasteiger partial charge in [-0.2, -0.15) is 0 Å². The van der Waals surface area contributed by atoms with E-state index >= 15 is 0 Å². The van der Waals surface area contributed by atoms with Crippen LogP contribution < -0.4 is 0 Å². The number of allylic oxidation sites excluding steroid dienone is 6. The smallest absolute Gasteiger partial charge is 0.0789 e. The maximum atomic E-state index is 2.58. The van der Waals surface area contributed by atoms with Crippen molar-refractivity contribution < 1.29 is 0 Å². The van der Waals surface area contributed by atoms with Crippen LogP contribution in [0.2, 0.25) is 0 Å². The van der Waals surface area contributed by atoms with Gasteiger partial charge in [0.2, 0.25) is 0 Å². The van der Waals surface area contributed by atoms with E-state index in [9.17, 15) is 0 Å². The first-order chi connectivity index (χ1) is 39.2. The second-order valence-electron chi connectivity index (χ2n) is 21.1. The molecule has 0 saturated carbocycles. The summed E-state index contributed by atoms with van der Waals surface area (Å²) in [6.07, 6.45) is 12.0. The highest BCUT2D eigenvalue weighted by atomic mass is 15.1. The SMILES string of the molecule is C1=CCC=CC(c2cccc(-n3c4ccccc4c4ccc5c6ccccc6n(-c6ccc7c(-n8c9ccccc9c9ccc%10c%11ccccc%11n(-c%11cccc(-c%12ccccc%12)c%11)c%10c98)cc8ccccc8c7c6)c5c43)c2)=C1. The quantitative estimate of drug-likeness (QED) is 0.148. The predicted octanol–water partition coefficient (Wildman–Crippen LogP) is 19.9. The summed E-state index contributed by atoms with van der Waals surface area (Å²) < 4.78 is 10.1. The second kappa shape index (κ2) is 17.0. The molecule has 4 nitrogen and oxygen atoms in total. The molecular weight excluding hydrogens is 957 g/mol. The molecule has 0 N–H and O–H groups in total. The molecule has 1 aliphatic carbocycles. The van der Waals surface area contributed by atoms with Gasteiger partial charge in [-0.3, -0.25) is 0 Å². The Balaban J connectivity index is 0.963. The molecule has 4 aromatic heterocycles. The monoisotopic (exact) mass is 1000 g/mol. The normalized spacial score (nSPS) is 13.0. The number of rotatable bonds is 6. The lowest BCUT2D eigenvalue weighted by molar-refractivity contribution is 1.15. The van der Waals surface area contributed by atoms with E-state index in [4.69, 9.17) is 0 Å². The van der Waals surface area contributed by atoms with Gasteiger partial charge < -0.3 is 18.3 Å². The minimum absolute atomic E-state index is 0.933. The molecule has 79 heavy (non-hydrogen) atoms. The van der Waals surface area contributed by atoms with Crippen LogP contribution in [0.3, 0.4) is 0 Å². The number of benzene rings is 12. The first kappa shape index (κ1) is 43.8. The highest BCUT2D eigenvalue weighted by Gasteiger charge is 2.25. The lowest BCUT2D eigenvalue weighted by Gasteiger charge is -2.18. The minimum Gasteiger partial charge on any atom is -0.307 e. The summed E-state index contributed by atoms with van der Waals surface area (Å²) >= 11 is 0. The van der Waals surface area contributed by atoms with Gasteiger partial charge in [0.15, 0.2) is 0 Å². The molecule has 0 bridgehead atoms.